The van der Waals surface area contributed by atoms with Crippen molar-refractivity contribution in [3.8, 4) is 17.0 Å². The van der Waals surface area contributed by atoms with E-state index in [1.165, 1.54) is 0 Å². The number of nitrogen functional groups attached to an aromatic ring is 1. The summed E-state index contributed by atoms with van der Waals surface area (Å²) in [5.74, 6) is 0.348. The lowest BCUT2D eigenvalue weighted by Gasteiger charge is -2.12. The van der Waals surface area contributed by atoms with Crippen LogP contribution in [0.2, 0.25) is 0 Å². The number of carbonyl (C=O) groups excluding carboxylic acids is 1. The zero-order valence-electron chi connectivity index (χ0n) is 17.7. The van der Waals surface area contributed by atoms with Crippen molar-refractivity contribution in [1.82, 2.24) is 19.7 Å². The Morgan fingerprint density at radius 2 is 2.09 bits per heavy atom. The molecule has 162 valence electrons. The molecule has 1 aromatic carbocycles. The van der Waals surface area contributed by atoms with Crippen molar-refractivity contribution in [3.63, 3.8) is 0 Å². The monoisotopic (exact) mass is 429 g/mol. The van der Waals surface area contributed by atoms with Crippen LogP contribution in [0.4, 0.5) is 11.6 Å². The number of rotatable bonds is 4. The van der Waals surface area contributed by atoms with Gasteiger partial charge in [0.15, 0.2) is 0 Å². The number of nitrogens with one attached hydrogen (secondary N) is 1. The molecule has 0 unspecified atom stereocenters. The molecule has 1 aliphatic carbocycles. The van der Waals surface area contributed by atoms with Crippen LogP contribution in [0.5, 0.6) is 5.75 Å². The Hall–Kier alpha value is -3.98. The number of pyridine rings is 2. The van der Waals surface area contributed by atoms with Gasteiger partial charge in [0.1, 0.15) is 17.4 Å². The number of aromatic hydroxyl groups is 1. The van der Waals surface area contributed by atoms with E-state index >= 15 is 0 Å². The number of phenols is 1. The van der Waals surface area contributed by atoms with Gasteiger partial charge in [-0.3, -0.25) is 9.48 Å². The van der Waals surface area contributed by atoms with E-state index in [1.807, 2.05) is 32.3 Å². The first kappa shape index (κ1) is 20.0. The molecule has 0 saturated heterocycles. The molecule has 5 rings (SSSR count). The van der Waals surface area contributed by atoms with Gasteiger partial charge in [0.05, 0.1) is 23.3 Å². The average molecular weight is 429 g/mol. The summed E-state index contributed by atoms with van der Waals surface area (Å²) < 4.78 is 1.67. The molecule has 1 aliphatic rings. The molecule has 4 aromatic rings. The first-order valence-electron chi connectivity index (χ1n) is 10.2. The minimum atomic E-state index is -0.705. The van der Waals surface area contributed by atoms with Gasteiger partial charge in [0, 0.05) is 36.0 Å². The number of nitrogens with two attached hydrogens (primary N) is 2. The van der Waals surface area contributed by atoms with Gasteiger partial charge >= 0.3 is 0 Å². The number of aryl methyl sites for hydroxylation is 2. The Balaban J connectivity index is 1.43. The van der Waals surface area contributed by atoms with Crippen LogP contribution in [0.1, 0.15) is 17.5 Å². The third-order valence-electron chi connectivity index (χ3n) is 6.06. The van der Waals surface area contributed by atoms with E-state index in [0.29, 0.717) is 29.1 Å². The molecule has 2 atom stereocenters. The van der Waals surface area contributed by atoms with Crippen LogP contribution < -0.4 is 16.8 Å². The molecule has 3 heterocycles. The van der Waals surface area contributed by atoms with Gasteiger partial charge in [-0.25, -0.2) is 9.97 Å². The zero-order chi connectivity index (χ0) is 22.6. The fraction of sp³-hybridized carbons (Fsp3) is 0.217. The highest BCUT2D eigenvalue weighted by atomic mass is 16.3. The molecule has 1 amide bonds. The van der Waals surface area contributed by atoms with Crippen LogP contribution in [0, 0.1) is 12.8 Å². The molecule has 0 bridgehead atoms. The second kappa shape index (κ2) is 7.03. The van der Waals surface area contributed by atoms with Gasteiger partial charge < -0.3 is 21.9 Å². The molecule has 9 heteroatoms. The summed E-state index contributed by atoms with van der Waals surface area (Å²) in [6.45, 7) is 1.94. The van der Waals surface area contributed by atoms with Gasteiger partial charge in [-0.2, -0.15) is 5.10 Å². The summed E-state index contributed by atoms with van der Waals surface area (Å²) in [6, 6.07) is 8.73. The average Bonchev–Trinajstić information content (AvgIpc) is 3.26. The molecule has 1 fully saturated rings. The molecule has 32 heavy (non-hydrogen) atoms. The standard InChI is InChI=1S/C23H23N7O2/c1-12-3-4-15(31)7-16(12)19-5-13-6-20(26-10-17(13)21(24)28-19)29-22(32)18-8-23(18,25)14-9-27-30(2)11-14/h3-7,9-11,18,31H,8,25H2,1-2H3,(H2,24,28)(H,26,29,32)/t18-,23+/m1/s1. The zero-order valence-corrected chi connectivity index (χ0v) is 17.7. The first-order chi connectivity index (χ1) is 15.2. The van der Waals surface area contributed by atoms with Crippen molar-refractivity contribution in [3.05, 3.63) is 60.0 Å². The van der Waals surface area contributed by atoms with E-state index in [-0.39, 0.29) is 17.6 Å². The van der Waals surface area contributed by atoms with E-state index in [1.54, 1.807) is 35.3 Å². The van der Waals surface area contributed by atoms with Gasteiger partial charge in [-0.05, 0) is 48.6 Å². The van der Waals surface area contributed by atoms with E-state index in [2.05, 4.69) is 20.4 Å². The Labute approximate surface area is 184 Å². The number of benzene rings is 1. The van der Waals surface area contributed by atoms with Crippen LogP contribution in [-0.2, 0) is 17.4 Å². The Bertz CT molecular complexity index is 1380. The molecule has 0 radical (unpaired) electrons. The van der Waals surface area contributed by atoms with Crippen molar-refractivity contribution in [2.75, 3.05) is 11.1 Å². The SMILES string of the molecule is Cc1ccc(O)cc1-c1cc2cc(NC(=O)[C@H]3C[C@]3(N)c3cnn(C)c3)ncc2c(N)n1. The normalized spacial score (nSPS) is 19.8. The Kier molecular flexibility index (Phi) is 4.38. The molecule has 1 saturated carbocycles. The van der Waals surface area contributed by atoms with Crippen LogP contribution >= 0.6 is 0 Å². The van der Waals surface area contributed by atoms with Gasteiger partial charge in [0.25, 0.3) is 0 Å². The lowest BCUT2D eigenvalue weighted by Crippen LogP contribution is -2.28. The van der Waals surface area contributed by atoms with Crippen molar-refractivity contribution in [2.24, 2.45) is 18.7 Å². The molecular formula is C23H23N7O2. The van der Waals surface area contributed by atoms with Crippen molar-refractivity contribution < 1.29 is 9.90 Å². The maximum absolute atomic E-state index is 12.8. The third kappa shape index (κ3) is 3.32. The number of nitrogens with zero attached hydrogens (tertiary/aromatic N) is 4. The molecule has 0 aliphatic heterocycles. The van der Waals surface area contributed by atoms with Crippen LogP contribution in [0.15, 0.2) is 48.9 Å². The van der Waals surface area contributed by atoms with Crippen LogP contribution in [0.3, 0.4) is 0 Å². The predicted molar refractivity (Wildman–Crippen MR) is 122 cm³/mol. The quantitative estimate of drug-likeness (QED) is 0.390. The highest BCUT2D eigenvalue weighted by molar-refractivity contribution is 5.99. The van der Waals surface area contributed by atoms with Crippen molar-refractivity contribution in [2.45, 2.75) is 18.9 Å². The fourth-order valence-corrected chi connectivity index (χ4v) is 4.07. The largest absolute Gasteiger partial charge is 0.508 e. The van der Waals surface area contributed by atoms with E-state index in [0.717, 1.165) is 22.1 Å². The number of phenolic OH excluding ortho intramolecular Hbond substituents is 1. The second-order valence-electron chi connectivity index (χ2n) is 8.37. The number of hydrogen-bond acceptors (Lipinski definition) is 7. The predicted octanol–water partition coefficient (Wildman–Crippen LogP) is 2.44. The number of aromatic nitrogens is 4. The van der Waals surface area contributed by atoms with Crippen LogP contribution in [-0.4, -0.2) is 30.8 Å². The van der Waals surface area contributed by atoms with E-state index in [9.17, 15) is 9.90 Å². The minimum absolute atomic E-state index is 0.150. The summed E-state index contributed by atoms with van der Waals surface area (Å²) in [7, 11) is 1.82. The second-order valence-corrected chi connectivity index (χ2v) is 8.37. The smallest absolute Gasteiger partial charge is 0.230 e. The Morgan fingerprint density at radius 1 is 1.28 bits per heavy atom. The van der Waals surface area contributed by atoms with Crippen molar-refractivity contribution in [1.29, 1.82) is 0 Å². The highest BCUT2D eigenvalue weighted by Crippen LogP contribution is 2.50. The maximum Gasteiger partial charge on any atom is 0.230 e. The number of fused-ring (bicyclic) bond motifs is 1. The molecule has 3 aromatic heterocycles. The van der Waals surface area contributed by atoms with E-state index in [4.69, 9.17) is 11.5 Å². The van der Waals surface area contributed by atoms with E-state index < -0.39 is 5.54 Å². The van der Waals surface area contributed by atoms with Crippen molar-refractivity contribution >= 4 is 28.3 Å². The highest BCUT2D eigenvalue weighted by Gasteiger charge is 2.57. The summed E-state index contributed by atoms with van der Waals surface area (Å²) in [5, 5.41) is 18.4. The maximum atomic E-state index is 12.8. The molecular weight excluding hydrogens is 406 g/mol. The lowest BCUT2D eigenvalue weighted by atomic mass is 10.0. The molecule has 6 N–H and O–H groups in total. The lowest BCUT2D eigenvalue weighted by molar-refractivity contribution is -0.117. The first-order valence-corrected chi connectivity index (χ1v) is 10.2. The summed E-state index contributed by atoms with van der Waals surface area (Å²) in [6.07, 6.45) is 5.68. The van der Waals surface area contributed by atoms with Gasteiger partial charge in [-0.1, -0.05) is 6.07 Å². The van der Waals surface area contributed by atoms with Gasteiger partial charge in [-0.15, -0.1) is 0 Å². The van der Waals surface area contributed by atoms with Gasteiger partial charge in [0.2, 0.25) is 5.91 Å². The fourth-order valence-electron chi connectivity index (χ4n) is 4.07. The summed E-state index contributed by atoms with van der Waals surface area (Å²) >= 11 is 0. The molecule has 0 spiro atoms. The minimum Gasteiger partial charge on any atom is -0.508 e. The summed E-state index contributed by atoms with van der Waals surface area (Å²) in [5.41, 5.74) is 15.1. The number of amides is 1. The number of hydrogen-bond donors (Lipinski definition) is 4. The third-order valence-corrected chi connectivity index (χ3v) is 6.06. The topological polar surface area (TPSA) is 145 Å². The number of carbonyl (C=O) groups is 1. The summed E-state index contributed by atoms with van der Waals surface area (Å²) in [4.78, 5) is 21.6. The Morgan fingerprint density at radius 3 is 2.84 bits per heavy atom. The van der Waals surface area contributed by atoms with Crippen LogP contribution in [0.25, 0.3) is 22.0 Å². The molecule has 9 nitrogen and oxygen atoms in total. The number of anilines is 2.